The molecule has 0 aromatic heterocycles. The van der Waals surface area contributed by atoms with Gasteiger partial charge in [0.2, 0.25) is 0 Å². The van der Waals surface area contributed by atoms with Crippen molar-refractivity contribution in [2.24, 2.45) is 10.2 Å². The van der Waals surface area contributed by atoms with Gasteiger partial charge >= 0.3 is 11.9 Å². The number of ether oxygens (including phenoxy) is 4. The Kier molecular flexibility index (Phi) is 28.7. The van der Waals surface area contributed by atoms with Crippen molar-refractivity contribution in [3.8, 4) is 0 Å². The van der Waals surface area contributed by atoms with Gasteiger partial charge in [0.1, 0.15) is 11.6 Å². The molecule has 0 atom stereocenters. The van der Waals surface area contributed by atoms with E-state index in [0.29, 0.717) is 83.7 Å². The number of carboxylic acid groups (broad SMARTS) is 1. The molecule has 53 heavy (non-hydrogen) atoms. The molecule has 0 aromatic carbocycles. The van der Waals surface area contributed by atoms with Crippen LogP contribution in [-0.2, 0) is 62.1 Å². The maximum Gasteiger partial charge on any atom is 0.333 e. The van der Waals surface area contributed by atoms with Crippen LogP contribution in [0.15, 0.2) is 10.2 Å². The summed E-state index contributed by atoms with van der Waals surface area (Å²) < 4.78 is 20.7. The topological polar surface area (TPSA) is 327 Å². The highest BCUT2D eigenvalue weighted by Gasteiger charge is 2.32. The molecule has 2 heterocycles. The van der Waals surface area contributed by atoms with Gasteiger partial charge in [-0.25, -0.2) is 4.79 Å². The molecule has 2 aliphatic rings. The molecule has 0 radical (unpaired) electrons. The van der Waals surface area contributed by atoms with Crippen LogP contribution >= 0.6 is 0 Å². The molecular formula is C30H46N8O15. The van der Waals surface area contributed by atoms with Gasteiger partial charge in [0.15, 0.2) is 0 Å². The van der Waals surface area contributed by atoms with Crippen molar-refractivity contribution in [2.75, 3.05) is 65.9 Å². The number of Topliss-reactive ketones (excluding diaryl/α,β-unsaturated/α-hetero) is 2. The van der Waals surface area contributed by atoms with Crippen LogP contribution in [0.1, 0.15) is 77.0 Å². The number of hydroxylamine groups is 4. The fourth-order valence-corrected chi connectivity index (χ4v) is 3.79. The number of azide groups is 2. The second-order valence-electron chi connectivity index (χ2n) is 10.7. The highest BCUT2D eigenvalue weighted by Crippen LogP contribution is 2.13. The molecule has 0 unspecified atom stereocenters. The van der Waals surface area contributed by atoms with E-state index in [1.807, 2.05) is 0 Å². The summed E-state index contributed by atoms with van der Waals surface area (Å²) >= 11 is 0. The second-order valence-corrected chi connectivity index (χ2v) is 10.7. The Labute approximate surface area is 303 Å². The van der Waals surface area contributed by atoms with Crippen molar-refractivity contribution < 1.29 is 72.5 Å². The van der Waals surface area contributed by atoms with Gasteiger partial charge in [-0.1, -0.05) is 10.2 Å². The van der Waals surface area contributed by atoms with Crippen LogP contribution in [0.4, 0.5) is 0 Å². The smallest absolute Gasteiger partial charge is 0.333 e. The molecular weight excluding hydrogens is 712 g/mol. The molecule has 23 heteroatoms. The lowest BCUT2D eigenvalue weighted by atomic mass is 10.1. The van der Waals surface area contributed by atoms with Crippen LogP contribution in [0.3, 0.4) is 0 Å². The van der Waals surface area contributed by atoms with Crippen LogP contribution in [0.5, 0.6) is 0 Å². The molecule has 2 fully saturated rings. The Morgan fingerprint density at radius 2 is 0.981 bits per heavy atom. The van der Waals surface area contributed by atoms with Crippen molar-refractivity contribution in [2.45, 2.75) is 77.0 Å². The van der Waals surface area contributed by atoms with Crippen molar-refractivity contribution in [1.29, 1.82) is 0 Å². The SMILES string of the molecule is O=C1CCC(=O)N1O.[N-]=[N+]=NCCOCCOCCCC(=O)CCC(=O)O.[N-]=[N+]=NCCOCCOCCCC(=O)CCC(=O)ON1C(=O)CCC1=O. The molecule has 0 spiro atoms. The molecule has 2 N–H and O–H groups in total. The number of aliphatic carboxylic acids is 1. The first-order valence-electron chi connectivity index (χ1n) is 16.6. The summed E-state index contributed by atoms with van der Waals surface area (Å²) in [7, 11) is 0. The van der Waals surface area contributed by atoms with Crippen molar-refractivity contribution in [1.82, 2.24) is 10.1 Å². The largest absolute Gasteiger partial charge is 0.481 e. The minimum absolute atomic E-state index is 0.0163. The molecule has 296 valence electrons. The van der Waals surface area contributed by atoms with E-state index < -0.39 is 35.6 Å². The number of hydrogen-bond donors (Lipinski definition) is 2. The minimum Gasteiger partial charge on any atom is -0.481 e. The van der Waals surface area contributed by atoms with Crippen molar-refractivity contribution >= 4 is 47.1 Å². The zero-order chi connectivity index (χ0) is 39.7. The van der Waals surface area contributed by atoms with Crippen molar-refractivity contribution in [3.63, 3.8) is 0 Å². The van der Waals surface area contributed by atoms with E-state index in [4.69, 9.17) is 40.3 Å². The van der Waals surface area contributed by atoms with Crippen LogP contribution < -0.4 is 0 Å². The number of carbonyl (C=O) groups excluding carboxylic acids is 7. The molecule has 0 bridgehead atoms. The van der Waals surface area contributed by atoms with E-state index >= 15 is 0 Å². The lowest BCUT2D eigenvalue weighted by Gasteiger charge is -2.12. The Hall–Kier alpha value is -5.02. The molecule has 2 aliphatic heterocycles. The lowest BCUT2D eigenvalue weighted by Crippen LogP contribution is -2.32. The fraction of sp³-hybridized carbons (Fsp3) is 0.733. The molecule has 0 aromatic rings. The van der Waals surface area contributed by atoms with E-state index in [1.54, 1.807) is 0 Å². The van der Waals surface area contributed by atoms with Gasteiger partial charge in [0.05, 0.1) is 52.5 Å². The van der Waals surface area contributed by atoms with E-state index in [9.17, 15) is 38.4 Å². The number of ketones is 2. The molecule has 0 aliphatic carbocycles. The predicted octanol–water partition coefficient (Wildman–Crippen LogP) is 2.14. The average Bonchev–Trinajstić information content (AvgIpc) is 3.61. The maximum atomic E-state index is 11.7. The number of imide groups is 2. The zero-order valence-electron chi connectivity index (χ0n) is 29.3. The summed E-state index contributed by atoms with van der Waals surface area (Å²) in [4.78, 5) is 97.6. The van der Waals surface area contributed by atoms with E-state index in [1.165, 1.54) is 0 Å². The van der Waals surface area contributed by atoms with E-state index in [2.05, 4.69) is 24.9 Å². The van der Waals surface area contributed by atoms with Crippen LogP contribution in [-0.4, -0.2) is 134 Å². The van der Waals surface area contributed by atoms with Gasteiger partial charge < -0.3 is 28.9 Å². The van der Waals surface area contributed by atoms with Gasteiger partial charge in [-0.05, 0) is 23.9 Å². The predicted molar refractivity (Wildman–Crippen MR) is 176 cm³/mol. The third-order valence-electron chi connectivity index (χ3n) is 6.48. The Morgan fingerprint density at radius 3 is 1.36 bits per heavy atom. The highest BCUT2D eigenvalue weighted by atomic mass is 16.7. The van der Waals surface area contributed by atoms with Gasteiger partial charge in [-0.2, -0.15) is 5.06 Å². The highest BCUT2D eigenvalue weighted by molar-refractivity contribution is 6.01. The monoisotopic (exact) mass is 758 g/mol. The van der Waals surface area contributed by atoms with Gasteiger partial charge in [-0.3, -0.25) is 38.8 Å². The summed E-state index contributed by atoms with van der Waals surface area (Å²) in [6.07, 6.45) is 1.81. The van der Waals surface area contributed by atoms with Crippen molar-refractivity contribution in [3.05, 3.63) is 20.9 Å². The molecule has 23 nitrogen and oxygen atoms in total. The minimum atomic E-state index is -0.956. The maximum absolute atomic E-state index is 11.7. The standard InChI is InChI=1S/C15H22N4O7.C11H19N3O5.C4H5NO3/c16-18-17-7-9-25-11-10-24-8-1-2-12(20)3-6-15(23)26-19-13(21)4-5-14(19)22;12-14-13-5-7-19-9-8-18-6-1-2-10(15)3-4-11(16)17;6-3-1-2-4(7)5(3)8/h1-11H2;1-9H2,(H,16,17);8H,1-2H2. The number of hydrogen-bond acceptors (Lipinski definition) is 16. The second kappa shape index (κ2) is 31.7. The summed E-state index contributed by atoms with van der Waals surface area (Å²) in [6.45, 7) is 3.65. The quantitative estimate of drug-likeness (QED) is 0.0303. The number of carbonyl (C=O) groups is 8. The summed E-state index contributed by atoms with van der Waals surface area (Å²) in [6, 6.07) is 0. The lowest BCUT2D eigenvalue weighted by molar-refractivity contribution is -0.197. The Bertz CT molecular complexity index is 1270. The number of rotatable bonds is 27. The number of nitrogens with zero attached hydrogens (tertiary/aromatic N) is 8. The first-order chi connectivity index (χ1) is 25.4. The van der Waals surface area contributed by atoms with Gasteiger partial charge in [0.25, 0.3) is 23.6 Å². The van der Waals surface area contributed by atoms with Crippen LogP contribution in [0, 0.1) is 0 Å². The van der Waals surface area contributed by atoms with E-state index in [0.717, 1.165) is 0 Å². The summed E-state index contributed by atoms with van der Waals surface area (Å²) in [5.74, 6) is -4.03. The number of amides is 4. The molecule has 4 amide bonds. The molecule has 2 rings (SSSR count). The molecule has 2 saturated heterocycles. The fourth-order valence-electron chi connectivity index (χ4n) is 3.79. The third kappa shape index (κ3) is 27.3. The van der Waals surface area contributed by atoms with Gasteiger partial charge in [-0.15, -0.1) is 5.06 Å². The first-order valence-corrected chi connectivity index (χ1v) is 16.6. The van der Waals surface area contributed by atoms with Gasteiger partial charge in [0, 0.05) is 87.5 Å². The third-order valence-corrected chi connectivity index (χ3v) is 6.48. The van der Waals surface area contributed by atoms with Crippen LogP contribution in [0.25, 0.3) is 20.9 Å². The molecule has 0 saturated carbocycles. The first kappa shape index (κ1) is 48.0. The number of carboxylic acids is 1. The Morgan fingerprint density at radius 1 is 0.585 bits per heavy atom. The zero-order valence-corrected chi connectivity index (χ0v) is 29.3. The Balaban J connectivity index is 0.000000868. The van der Waals surface area contributed by atoms with E-state index in [-0.39, 0.29) is 81.0 Å². The average molecular weight is 759 g/mol. The normalized spacial score (nSPS) is 13.3. The summed E-state index contributed by atoms with van der Waals surface area (Å²) in [5.41, 5.74) is 16.1. The summed E-state index contributed by atoms with van der Waals surface area (Å²) in [5, 5.41) is 24.0. The van der Waals surface area contributed by atoms with Crippen LogP contribution in [0.2, 0.25) is 0 Å².